The summed E-state index contributed by atoms with van der Waals surface area (Å²) in [7, 11) is -1.25. The SMILES string of the molecule is C.CC1(C)OB(B2OC(C)(C)C(C)(C)O2)OC1(C)C.CCCCc1ccc(-c2ccc(B3OC(C)(C)C(C)(C)O3)cc2CC)cc1.CCCCc1ccc(-c2ccc(Cl)cc2CO)cc1. The predicted molar refractivity (Wildman–Crippen MR) is 276 cm³/mol. The summed E-state index contributed by atoms with van der Waals surface area (Å²) in [6.45, 7) is 31.3. The van der Waals surface area contributed by atoms with Crippen molar-refractivity contribution in [3.63, 3.8) is 0 Å². The molecule has 0 unspecified atom stereocenters. The number of benzene rings is 4. The van der Waals surface area contributed by atoms with Gasteiger partial charge < -0.3 is 33.0 Å². The molecule has 11 heteroatoms. The molecule has 3 saturated heterocycles. The Balaban J connectivity index is 0.000000218. The number of hydrogen-bond donors (Lipinski definition) is 1. The number of halogens is 1. The van der Waals surface area contributed by atoms with Crippen molar-refractivity contribution >= 4 is 38.2 Å². The molecule has 4 aromatic rings. The summed E-state index contributed by atoms with van der Waals surface area (Å²) in [6.07, 6.45) is 8.21. The lowest BCUT2D eigenvalue weighted by atomic mass is 9.49. The molecule has 0 radical (unpaired) electrons. The van der Waals surface area contributed by atoms with Crippen LogP contribution in [0.1, 0.15) is 159 Å². The first-order valence-electron chi connectivity index (χ1n) is 23.7. The predicted octanol–water partition coefficient (Wildman–Crippen LogP) is 13.3. The van der Waals surface area contributed by atoms with Crippen LogP contribution in [0.4, 0.5) is 0 Å². The van der Waals surface area contributed by atoms with Gasteiger partial charge in [-0.1, -0.05) is 125 Å². The van der Waals surface area contributed by atoms with E-state index in [4.69, 9.17) is 39.5 Å². The van der Waals surface area contributed by atoms with Gasteiger partial charge in [-0.3, -0.25) is 0 Å². The molecule has 0 aromatic heterocycles. The molecule has 7 nitrogen and oxygen atoms in total. The van der Waals surface area contributed by atoms with Crippen LogP contribution in [0.2, 0.25) is 5.02 Å². The van der Waals surface area contributed by atoms with E-state index in [-0.39, 0.29) is 54.8 Å². The summed E-state index contributed by atoms with van der Waals surface area (Å²) < 4.78 is 36.3. The standard InChI is InChI=1S/C24H33BO2.C17H19ClO.C12H24B2O4.CH4/c1-7-9-10-18-11-13-20(14-12-18)22-16-15-21(17-19(22)8-2)25-26-23(3,4)24(5,6)27-25;1-2-3-4-13-5-7-14(8-6-13)17-10-9-16(18)11-15(17)12-19;1-9(2)10(3,4)16-13(15-9)14-17-11(5,6)12(7,8)18-14;/h11-17H,7-10H2,1-6H3;5-11,19H,2-4,12H2,1H3;1-8H3;1H4. The second-order valence-corrected chi connectivity index (χ2v) is 21.1. The number of aliphatic hydroxyl groups excluding tert-OH is 1. The average Bonchev–Trinajstić information content (AvgIpc) is 3.72. The summed E-state index contributed by atoms with van der Waals surface area (Å²) in [5.41, 5.74) is 8.81. The zero-order valence-corrected chi connectivity index (χ0v) is 42.5. The van der Waals surface area contributed by atoms with E-state index in [0.29, 0.717) is 5.02 Å². The van der Waals surface area contributed by atoms with Gasteiger partial charge in [0.2, 0.25) is 0 Å². The Bertz CT molecular complexity index is 2050. The molecule has 0 saturated carbocycles. The van der Waals surface area contributed by atoms with E-state index in [1.54, 1.807) is 0 Å². The lowest BCUT2D eigenvalue weighted by Crippen LogP contribution is -2.41. The molecule has 3 heterocycles. The quantitative estimate of drug-likeness (QED) is 0.142. The topological polar surface area (TPSA) is 75.6 Å². The third-order valence-electron chi connectivity index (χ3n) is 14.2. The van der Waals surface area contributed by atoms with Crippen molar-refractivity contribution in [1.82, 2.24) is 0 Å². The molecule has 354 valence electrons. The van der Waals surface area contributed by atoms with E-state index >= 15 is 0 Å². The fraction of sp³-hybridized carbons (Fsp3) is 0.556. The van der Waals surface area contributed by atoms with Gasteiger partial charge in [-0.05, 0) is 177 Å². The van der Waals surface area contributed by atoms with E-state index in [0.717, 1.165) is 41.4 Å². The Morgan fingerprint density at radius 2 is 0.846 bits per heavy atom. The van der Waals surface area contributed by atoms with Crippen molar-refractivity contribution in [2.24, 2.45) is 0 Å². The molecule has 0 bridgehead atoms. The van der Waals surface area contributed by atoms with Crippen LogP contribution < -0.4 is 5.46 Å². The monoisotopic (exact) mass is 909 g/mol. The van der Waals surface area contributed by atoms with Gasteiger partial charge in [-0.15, -0.1) is 0 Å². The van der Waals surface area contributed by atoms with Gasteiger partial charge in [0.15, 0.2) is 0 Å². The minimum atomic E-state index is -0.476. The third-order valence-corrected chi connectivity index (χ3v) is 14.4. The molecule has 0 spiro atoms. The van der Waals surface area contributed by atoms with Gasteiger partial charge in [0, 0.05) is 5.02 Å². The van der Waals surface area contributed by atoms with E-state index in [1.165, 1.54) is 53.5 Å². The lowest BCUT2D eigenvalue weighted by Gasteiger charge is -2.32. The molecule has 4 aromatic carbocycles. The Morgan fingerprint density at radius 1 is 0.477 bits per heavy atom. The van der Waals surface area contributed by atoms with Crippen LogP contribution in [-0.2, 0) is 53.8 Å². The van der Waals surface area contributed by atoms with Gasteiger partial charge >= 0.3 is 21.1 Å². The third kappa shape index (κ3) is 13.0. The molecule has 0 atom stereocenters. The molecule has 0 aliphatic carbocycles. The number of aryl methyl sites for hydroxylation is 3. The van der Waals surface area contributed by atoms with Crippen LogP contribution in [-0.4, -0.2) is 59.8 Å². The minimum absolute atomic E-state index is 0. The van der Waals surface area contributed by atoms with Crippen molar-refractivity contribution in [3.05, 3.63) is 112 Å². The number of hydrogen-bond acceptors (Lipinski definition) is 7. The lowest BCUT2D eigenvalue weighted by molar-refractivity contribution is 0.00578. The van der Waals surface area contributed by atoms with Gasteiger partial charge in [0.05, 0.1) is 40.2 Å². The van der Waals surface area contributed by atoms with Crippen LogP contribution in [0, 0.1) is 0 Å². The highest BCUT2D eigenvalue weighted by molar-refractivity contribution is 7.11. The summed E-state index contributed by atoms with van der Waals surface area (Å²) in [6, 6.07) is 29.9. The Morgan fingerprint density at radius 3 is 1.22 bits per heavy atom. The maximum Gasteiger partial charge on any atom is 0.494 e. The van der Waals surface area contributed by atoms with Crippen LogP contribution >= 0.6 is 11.6 Å². The summed E-state index contributed by atoms with van der Waals surface area (Å²) in [4.78, 5) is 0. The first kappa shape index (κ1) is 54.7. The Labute approximate surface area is 400 Å². The Kier molecular flexibility index (Phi) is 18.5. The second-order valence-electron chi connectivity index (χ2n) is 20.7. The normalized spacial score (nSPS) is 19.5. The van der Waals surface area contributed by atoms with Gasteiger partial charge in [0.25, 0.3) is 0 Å². The fourth-order valence-electron chi connectivity index (χ4n) is 7.75. The highest BCUT2D eigenvalue weighted by Crippen LogP contribution is 2.43. The first-order chi connectivity index (χ1) is 29.9. The molecule has 3 aliphatic rings. The minimum Gasteiger partial charge on any atom is -0.405 e. The van der Waals surface area contributed by atoms with E-state index in [9.17, 15) is 5.11 Å². The largest absolute Gasteiger partial charge is 0.494 e. The number of rotatable bonds is 12. The second kappa shape index (κ2) is 22.0. The molecular weight excluding hydrogens is 828 g/mol. The molecule has 65 heavy (non-hydrogen) atoms. The maximum atomic E-state index is 9.42. The van der Waals surface area contributed by atoms with E-state index in [2.05, 4.69) is 115 Å². The van der Waals surface area contributed by atoms with E-state index < -0.39 is 14.0 Å². The zero-order valence-electron chi connectivity index (χ0n) is 41.7. The Hall–Kier alpha value is -2.92. The summed E-state index contributed by atoms with van der Waals surface area (Å²) in [5, 5.41) is 10.1. The van der Waals surface area contributed by atoms with Crippen molar-refractivity contribution in [3.8, 4) is 22.3 Å². The number of aliphatic hydroxyl groups is 1. The van der Waals surface area contributed by atoms with Crippen LogP contribution in [0.3, 0.4) is 0 Å². The van der Waals surface area contributed by atoms with Crippen molar-refractivity contribution < 1.29 is 33.0 Å². The molecule has 3 aliphatic heterocycles. The average molecular weight is 909 g/mol. The van der Waals surface area contributed by atoms with Crippen molar-refractivity contribution in [2.45, 2.75) is 196 Å². The van der Waals surface area contributed by atoms with Crippen LogP contribution in [0.15, 0.2) is 84.9 Å². The summed E-state index contributed by atoms with van der Waals surface area (Å²) in [5.74, 6) is 0. The van der Waals surface area contributed by atoms with Crippen molar-refractivity contribution in [2.75, 3.05) is 0 Å². The number of unbranched alkanes of at least 4 members (excludes halogenated alkanes) is 2. The first-order valence-corrected chi connectivity index (χ1v) is 24.0. The van der Waals surface area contributed by atoms with Crippen LogP contribution in [0.5, 0.6) is 0 Å². The van der Waals surface area contributed by atoms with Crippen LogP contribution in [0.25, 0.3) is 22.3 Å². The van der Waals surface area contributed by atoms with Crippen molar-refractivity contribution in [1.29, 1.82) is 0 Å². The summed E-state index contributed by atoms with van der Waals surface area (Å²) >= 11 is 5.95. The molecule has 1 N–H and O–H groups in total. The zero-order chi connectivity index (χ0) is 47.3. The molecular formula is C54H80B3ClO7. The molecule has 7 rings (SSSR count). The smallest absolute Gasteiger partial charge is 0.405 e. The molecule has 0 amide bonds. The molecule has 3 fully saturated rings. The highest BCUT2D eigenvalue weighted by atomic mass is 35.5. The highest BCUT2D eigenvalue weighted by Gasteiger charge is 2.63. The van der Waals surface area contributed by atoms with Gasteiger partial charge in [-0.2, -0.15) is 0 Å². The van der Waals surface area contributed by atoms with E-state index in [1.807, 2.05) is 73.6 Å². The van der Waals surface area contributed by atoms with Gasteiger partial charge in [-0.25, -0.2) is 0 Å². The van der Waals surface area contributed by atoms with Gasteiger partial charge in [0.1, 0.15) is 0 Å². The maximum absolute atomic E-state index is 9.42. The fourth-order valence-corrected chi connectivity index (χ4v) is 7.95.